The highest BCUT2D eigenvalue weighted by molar-refractivity contribution is 14.1. The van der Waals surface area contributed by atoms with Gasteiger partial charge in [0, 0.05) is 23.9 Å². The normalized spacial score (nSPS) is 10.7. The maximum absolute atomic E-state index is 5.30. The fourth-order valence-corrected chi connectivity index (χ4v) is 3.57. The van der Waals surface area contributed by atoms with Gasteiger partial charge in [0.15, 0.2) is 0 Å². The lowest BCUT2D eigenvalue weighted by Crippen LogP contribution is -1.84. The molecule has 1 aromatic carbocycles. The first-order valence-corrected chi connectivity index (χ1v) is 6.06. The number of hydrogen-bond donors (Lipinski definition) is 1. The van der Waals surface area contributed by atoms with Crippen LogP contribution in [0.3, 0.4) is 0 Å². The van der Waals surface area contributed by atoms with Gasteiger partial charge in [-0.1, -0.05) is 0 Å². The highest BCUT2D eigenvalue weighted by Gasteiger charge is 2.08. The minimum Gasteiger partial charge on any atom is -0.496 e. The van der Waals surface area contributed by atoms with Gasteiger partial charge in [-0.15, -0.1) is 24.0 Å². The van der Waals surface area contributed by atoms with Gasteiger partial charge in [-0.3, -0.25) is 0 Å². The second-order valence-electron chi connectivity index (χ2n) is 2.60. The van der Waals surface area contributed by atoms with E-state index in [1.54, 1.807) is 18.4 Å². The van der Waals surface area contributed by atoms with Crippen LogP contribution in [0.25, 0.3) is 10.1 Å². The van der Waals surface area contributed by atoms with Crippen LogP contribution in [0.4, 0.5) is 0 Å². The zero-order valence-electron chi connectivity index (χ0n) is 6.87. The van der Waals surface area contributed by atoms with Crippen molar-refractivity contribution in [1.82, 2.24) is 0 Å². The van der Waals surface area contributed by atoms with Crippen molar-refractivity contribution >= 4 is 56.6 Å². The van der Waals surface area contributed by atoms with Crippen molar-refractivity contribution in [1.29, 1.82) is 0 Å². The molecule has 0 unspecified atom stereocenters. The number of halogens is 1. The van der Waals surface area contributed by atoms with Gasteiger partial charge in [-0.25, -0.2) is 0 Å². The highest BCUT2D eigenvalue weighted by atomic mass is 127. The van der Waals surface area contributed by atoms with E-state index in [2.05, 4.69) is 46.7 Å². The molecule has 0 aliphatic heterocycles. The molecule has 0 spiro atoms. The number of methoxy groups -OCH3 is 1. The Hall–Kier alpha value is 0.0600. The molecule has 1 aromatic heterocycles. The molecule has 0 amide bonds. The third kappa shape index (κ3) is 1.67. The Balaban J connectivity index is 2.85. The number of hydrogen-bond acceptors (Lipinski definition) is 3. The Labute approximate surface area is 99.6 Å². The van der Waals surface area contributed by atoms with E-state index in [-0.39, 0.29) is 0 Å². The Kier molecular flexibility index (Phi) is 2.71. The van der Waals surface area contributed by atoms with Crippen LogP contribution in [0.2, 0.25) is 0 Å². The average molecular weight is 322 g/mol. The van der Waals surface area contributed by atoms with E-state index >= 15 is 0 Å². The summed E-state index contributed by atoms with van der Waals surface area (Å²) in [6.45, 7) is 0. The first kappa shape index (κ1) is 9.61. The van der Waals surface area contributed by atoms with Crippen LogP contribution in [-0.4, -0.2) is 7.11 Å². The average Bonchev–Trinajstić information content (AvgIpc) is 2.46. The molecule has 0 N–H and O–H groups in total. The minimum atomic E-state index is 0.910. The van der Waals surface area contributed by atoms with Crippen LogP contribution in [-0.2, 0) is 0 Å². The van der Waals surface area contributed by atoms with Crippen molar-refractivity contribution in [2.45, 2.75) is 4.90 Å². The first-order valence-electron chi connectivity index (χ1n) is 3.66. The highest BCUT2D eigenvalue weighted by Crippen LogP contribution is 2.36. The lowest BCUT2D eigenvalue weighted by molar-refractivity contribution is 0.419. The maximum atomic E-state index is 5.30. The summed E-state index contributed by atoms with van der Waals surface area (Å²) in [6.07, 6.45) is 0. The van der Waals surface area contributed by atoms with Gasteiger partial charge in [-0.2, -0.15) is 0 Å². The van der Waals surface area contributed by atoms with Crippen LogP contribution in [0.5, 0.6) is 5.75 Å². The van der Waals surface area contributed by atoms with Gasteiger partial charge >= 0.3 is 0 Å². The first-order chi connectivity index (χ1) is 6.22. The standard InChI is InChI=1S/C9H7IOS2/c1-11-7-2-5(12)3-8-9(7)6(10)4-13-8/h2-4,12H,1H3. The van der Waals surface area contributed by atoms with Gasteiger partial charge in [0.2, 0.25) is 0 Å². The maximum Gasteiger partial charge on any atom is 0.129 e. The Morgan fingerprint density at radius 1 is 1.46 bits per heavy atom. The summed E-state index contributed by atoms with van der Waals surface area (Å²) in [7, 11) is 1.69. The molecule has 0 aliphatic rings. The lowest BCUT2D eigenvalue weighted by atomic mass is 10.2. The Morgan fingerprint density at radius 2 is 2.23 bits per heavy atom. The number of benzene rings is 1. The Bertz CT molecular complexity index is 450. The number of thiol groups is 1. The van der Waals surface area contributed by atoms with Crippen molar-refractivity contribution in [2.24, 2.45) is 0 Å². The molecule has 0 saturated heterocycles. The second kappa shape index (κ2) is 3.67. The van der Waals surface area contributed by atoms with Crippen LogP contribution in [0.15, 0.2) is 22.4 Å². The molecule has 68 valence electrons. The zero-order chi connectivity index (χ0) is 9.42. The smallest absolute Gasteiger partial charge is 0.129 e. The van der Waals surface area contributed by atoms with E-state index in [4.69, 9.17) is 4.74 Å². The topological polar surface area (TPSA) is 9.23 Å². The summed E-state index contributed by atoms with van der Waals surface area (Å²) < 4.78 is 7.77. The van der Waals surface area contributed by atoms with Crippen LogP contribution < -0.4 is 4.74 Å². The summed E-state index contributed by atoms with van der Waals surface area (Å²) >= 11 is 8.36. The SMILES string of the molecule is COc1cc(S)cc2scc(I)c12. The third-order valence-electron chi connectivity index (χ3n) is 1.80. The van der Waals surface area contributed by atoms with Crippen LogP contribution in [0.1, 0.15) is 0 Å². The molecule has 0 atom stereocenters. The fraction of sp³-hybridized carbons (Fsp3) is 0.111. The zero-order valence-corrected chi connectivity index (χ0v) is 10.7. The molecule has 1 heterocycles. The molecule has 1 nitrogen and oxygen atoms in total. The summed E-state index contributed by atoms with van der Waals surface area (Å²) in [5.74, 6) is 0.910. The predicted octanol–water partition coefficient (Wildman–Crippen LogP) is 3.80. The number of ether oxygens (including phenoxy) is 1. The van der Waals surface area contributed by atoms with Crippen LogP contribution >= 0.6 is 46.6 Å². The predicted molar refractivity (Wildman–Crippen MR) is 68.3 cm³/mol. The summed E-state index contributed by atoms with van der Waals surface area (Å²) in [6, 6.07) is 4.01. The van der Waals surface area contributed by atoms with E-state index in [9.17, 15) is 0 Å². The molecule has 0 bridgehead atoms. The lowest BCUT2D eigenvalue weighted by Gasteiger charge is -2.03. The molecule has 2 rings (SSSR count). The van der Waals surface area contributed by atoms with Crippen molar-refractivity contribution in [3.8, 4) is 5.75 Å². The van der Waals surface area contributed by atoms with Crippen molar-refractivity contribution in [2.75, 3.05) is 7.11 Å². The van der Waals surface area contributed by atoms with Crippen LogP contribution in [0, 0.1) is 3.57 Å². The number of rotatable bonds is 1. The molecule has 0 fully saturated rings. The molecule has 0 radical (unpaired) electrons. The van der Waals surface area contributed by atoms with E-state index in [0.29, 0.717) is 0 Å². The quantitative estimate of drug-likeness (QED) is 0.621. The Morgan fingerprint density at radius 3 is 2.92 bits per heavy atom. The van der Waals surface area contributed by atoms with Gasteiger partial charge in [0.05, 0.1) is 7.11 Å². The largest absolute Gasteiger partial charge is 0.496 e. The van der Waals surface area contributed by atoms with Crippen molar-refractivity contribution in [3.63, 3.8) is 0 Å². The van der Waals surface area contributed by atoms with Crippen molar-refractivity contribution < 1.29 is 4.74 Å². The molecule has 2 aromatic rings. The molecule has 13 heavy (non-hydrogen) atoms. The van der Waals surface area contributed by atoms with Gasteiger partial charge in [0.25, 0.3) is 0 Å². The molecular weight excluding hydrogens is 315 g/mol. The number of fused-ring (bicyclic) bond motifs is 1. The number of thiophene rings is 1. The summed E-state index contributed by atoms with van der Waals surface area (Å²) in [5.41, 5.74) is 0. The van der Waals surface area contributed by atoms with E-state index in [0.717, 1.165) is 10.6 Å². The molecular formula is C9H7IOS2. The van der Waals surface area contributed by atoms with Gasteiger partial charge in [0.1, 0.15) is 5.75 Å². The minimum absolute atomic E-state index is 0.910. The van der Waals surface area contributed by atoms with Gasteiger partial charge < -0.3 is 4.74 Å². The van der Waals surface area contributed by atoms with Gasteiger partial charge in [-0.05, 0) is 34.7 Å². The molecule has 0 saturated carbocycles. The second-order valence-corrected chi connectivity index (χ2v) is 5.19. The molecule has 0 aliphatic carbocycles. The van der Waals surface area contributed by atoms with E-state index in [1.807, 2.05) is 6.07 Å². The monoisotopic (exact) mass is 322 g/mol. The molecule has 4 heteroatoms. The fourth-order valence-electron chi connectivity index (χ4n) is 1.24. The summed E-state index contributed by atoms with van der Waals surface area (Å²) in [4.78, 5) is 0.947. The summed E-state index contributed by atoms with van der Waals surface area (Å²) in [5, 5.41) is 3.33. The van der Waals surface area contributed by atoms with E-state index in [1.165, 1.54) is 13.7 Å². The van der Waals surface area contributed by atoms with Crippen molar-refractivity contribution in [3.05, 3.63) is 21.1 Å². The third-order valence-corrected chi connectivity index (χ3v) is 4.26. The van der Waals surface area contributed by atoms with E-state index < -0.39 is 0 Å².